The summed E-state index contributed by atoms with van der Waals surface area (Å²) in [6.07, 6.45) is 1.41. The van der Waals surface area contributed by atoms with E-state index in [1.807, 2.05) is 0 Å². The van der Waals surface area contributed by atoms with Gasteiger partial charge in [-0.25, -0.2) is 4.63 Å². The van der Waals surface area contributed by atoms with Crippen molar-refractivity contribution in [3.05, 3.63) is 23.7 Å². The number of carbonyl (C=O) groups is 1. The highest BCUT2D eigenvalue weighted by molar-refractivity contribution is 5.95. The highest BCUT2D eigenvalue weighted by Crippen LogP contribution is 2.03. The molecule has 0 aliphatic carbocycles. The summed E-state index contributed by atoms with van der Waals surface area (Å²) >= 11 is 0. The summed E-state index contributed by atoms with van der Waals surface area (Å²) in [5.41, 5.74) is 5.88. The molecule has 0 unspecified atom stereocenters. The van der Waals surface area contributed by atoms with Crippen LogP contribution < -0.4 is 11.1 Å². The van der Waals surface area contributed by atoms with Crippen molar-refractivity contribution in [2.24, 2.45) is 0 Å². The van der Waals surface area contributed by atoms with Gasteiger partial charge in [0.2, 0.25) is 11.5 Å². The van der Waals surface area contributed by atoms with Gasteiger partial charge >= 0.3 is 0 Å². The largest absolute Gasteiger partial charge is 0.379 e. The number of anilines is 1. The van der Waals surface area contributed by atoms with E-state index in [1.54, 1.807) is 6.07 Å². The first-order valence-electron chi connectivity index (χ1n) is 4.03. The fourth-order valence-electron chi connectivity index (χ4n) is 0.936. The summed E-state index contributed by atoms with van der Waals surface area (Å²) in [4.78, 5) is 11.4. The molecule has 15 heavy (non-hydrogen) atoms. The molecule has 0 bridgehead atoms. The normalized spacial score (nSPS) is 10.1. The highest BCUT2D eigenvalue weighted by atomic mass is 16.6. The van der Waals surface area contributed by atoms with Crippen LogP contribution in [0.4, 0.5) is 5.82 Å². The molecule has 78 valence electrons. The minimum Gasteiger partial charge on any atom is -0.379 e. The Morgan fingerprint density at radius 1 is 1.47 bits per heavy atom. The predicted molar refractivity (Wildman–Crippen MR) is 46.4 cm³/mol. The van der Waals surface area contributed by atoms with Crippen LogP contribution in [0.15, 0.2) is 21.5 Å². The third kappa shape index (κ3) is 1.93. The van der Waals surface area contributed by atoms with Crippen LogP contribution in [0.5, 0.6) is 0 Å². The van der Waals surface area contributed by atoms with Gasteiger partial charge in [-0.3, -0.25) is 4.79 Å². The lowest BCUT2D eigenvalue weighted by Crippen LogP contribution is -2.24. The van der Waals surface area contributed by atoms with Crippen molar-refractivity contribution in [2.45, 2.75) is 6.54 Å². The maximum absolute atomic E-state index is 11.4. The average Bonchev–Trinajstić information content (AvgIpc) is 2.84. The van der Waals surface area contributed by atoms with Crippen LogP contribution >= 0.6 is 0 Å². The highest BCUT2D eigenvalue weighted by Gasteiger charge is 2.15. The third-order valence-electron chi connectivity index (χ3n) is 1.65. The molecule has 0 radical (unpaired) electrons. The van der Waals surface area contributed by atoms with Crippen molar-refractivity contribution >= 4 is 11.7 Å². The number of rotatable bonds is 3. The summed E-state index contributed by atoms with van der Waals surface area (Å²) in [5, 5.41) is 12.8. The van der Waals surface area contributed by atoms with Crippen LogP contribution in [0.25, 0.3) is 0 Å². The SMILES string of the molecule is Nc1nonc1C(=O)NCc1ccon1. The zero-order chi connectivity index (χ0) is 10.7. The summed E-state index contributed by atoms with van der Waals surface area (Å²) in [6.45, 7) is 0.224. The minimum absolute atomic E-state index is 0.0431. The molecule has 0 fully saturated rings. The van der Waals surface area contributed by atoms with Crippen molar-refractivity contribution < 1.29 is 13.9 Å². The summed E-state index contributed by atoms with van der Waals surface area (Å²) in [6, 6.07) is 1.63. The smallest absolute Gasteiger partial charge is 0.277 e. The van der Waals surface area contributed by atoms with Gasteiger partial charge in [0, 0.05) is 6.07 Å². The van der Waals surface area contributed by atoms with E-state index >= 15 is 0 Å². The molecule has 2 aromatic heterocycles. The van der Waals surface area contributed by atoms with E-state index < -0.39 is 5.91 Å². The Bertz CT molecular complexity index is 449. The monoisotopic (exact) mass is 209 g/mol. The van der Waals surface area contributed by atoms with E-state index in [0.29, 0.717) is 5.69 Å². The van der Waals surface area contributed by atoms with Gasteiger partial charge in [0.15, 0.2) is 0 Å². The zero-order valence-electron chi connectivity index (χ0n) is 7.51. The molecule has 1 amide bonds. The fourth-order valence-corrected chi connectivity index (χ4v) is 0.936. The first-order chi connectivity index (χ1) is 7.27. The second-order valence-electron chi connectivity index (χ2n) is 2.67. The molecular weight excluding hydrogens is 202 g/mol. The maximum Gasteiger partial charge on any atom is 0.277 e. The molecule has 0 aromatic carbocycles. The fraction of sp³-hybridized carbons (Fsp3) is 0.143. The van der Waals surface area contributed by atoms with E-state index in [0.717, 1.165) is 0 Å². The Labute approximate surface area is 83.4 Å². The van der Waals surface area contributed by atoms with E-state index in [-0.39, 0.29) is 18.1 Å². The molecule has 2 heterocycles. The molecule has 0 atom stereocenters. The molecular formula is C7H7N5O3. The maximum atomic E-state index is 11.4. The Balaban J connectivity index is 1.96. The third-order valence-corrected chi connectivity index (χ3v) is 1.65. The van der Waals surface area contributed by atoms with Gasteiger partial charge in [-0.05, 0) is 10.3 Å². The minimum atomic E-state index is -0.475. The molecule has 0 saturated carbocycles. The van der Waals surface area contributed by atoms with Gasteiger partial charge in [0.25, 0.3) is 5.91 Å². The van der Waals surface area contributed by atoms with Gasteiger partial charge in [0.1, 0.15) is 12.0 Å². The van der Waals surface area contributed by atoms with Gasteiger partial charge < -0.3 is 15.6 Å². The number of aromatic nitrogens is 3. The molecule has 8 nitrogen and oxygen atoms in total. The Morgan fingerprint density at radius 2 is 2.33 bits per heavy atom. The predicted octanol–water partition coefficient (Wildman–Crippen LogP) is -0.430. The lowest BCUT2D eigenvalue weighted by atomic mass is 10.3. The van der Waals surface area contributed by atoms with Gasteiger partial charge in [-0.2, -0.15) is 0 Å². The van der Waals surface area contributed by atoms with Crippen LogP contribution in [-0.4, -0.2) is 21.4 Å². The average molecular weight is 209 g/mol. The van der Waals surface area contributed by atoms with Crippen molar-refractivity contribution in [3.8, 4) is 0 Å². The number of amides is 1. The molecule has 0 aliphatic heterocycles. The topological polar surface area (TPSA) is 120 Å². The number of nitrogen functional groups attached to an aromatic ring is 1. The van der Waals surface area contributed by atoms with E-state index in [1.165, 1.54) is 6.26 Å². The Hall–Kier alpha value is -2.38. The van der Waals surface area contributed by atoms with E-state index in [9.17, 15) is 4.79 Å². The first-order valence-corrected chi connectivity index (χ1v) is 4.03. The van der Waals surface area contributed by atoms with Crippen LogP contribution in [0.3, 0.4) is 0 Å². The van der Waals surface area contributed by atoms with Crippen LogP contribution in [0.2, 0.25) is 0 Å². The quantitative estimate of drug-likeness (QED) is 0.703. The number of hydrogen-bond acceptors (Lipinski definition) is 7. The first kappa shape index (κ1) is 9.19. The molecule has 0 aliphatic rings. The van der Waals surface area contributed by atoms with Crippen molar-refractivity contribution in [1.82, 2.24) is 20.8 Å². The standard InChI is InChI=1S/C7H7N5O3/c8-6-5(11-15-12-6)7(13)9-3-4-1-2-14-10-4/h1-2H,3H2,(H2,8,12)(H,9,13). The van der Waals surface area contributed by atoms with Crippen LogP contribution in [-0.2, 0) is 6.54 Å². The van der Waals surface area contributed by atoms with Crippen LogP contribution in [0, 0.1) is 0 Å². The second kappa shape index (κ2) is 3.78. The van der Waals surface area contributed by atoms with Crippen molar-refractivity contribution in [1.29, 1.82) is 0 Å². The summed E-state index contributed by atoms with van der Waals surface area (Å²) in [7, 11) is 0. The summed E-state index contributed by atoms with van der Waals surface area (Å²) < 4.78 is 8.87. The van der Waals surface area contributed by atoms with Crippen molar-refractivity contribution in [2.75, 3.05) is 5.73 Å². The molecule has 8 heteroatoms. The Morgan fingerprint density at radius 3 is 2.93 bits per heavy atom. The second-order valence-corrected chi connectivity index (χ2v) is 2.67. The molecule has 0 spiro atoms. The zero-order valence-corrected chi connectivity index (χ0v) is 7.51. The Kier molecular flexibility index (Phi) is 2.31. The molecule has 2 rings (SSSR count). The lowest BCUT2D eigenvalue weighted by molar-refractivity contribution is 0.0941. The van der Waals surface area contributed by atoms with Gasteiger partial charge in [0.05, 0.1) is 6.54 Å². The lowest BCUT2D eigenvalue weighted by Gasteiger charge is -1.98. The molecule has 3 N–H and O–H groups in total. The van der Waals surface area contributed by atoms with Crippen LogP contribution in [0.1, 0.15) is 16.2 Å². The number of nitrogens with two attached hydrogens (primary N) is 1. The van der Waals surface area contributed by atoms with Gasteiger partial charge in [-0.15, -0.1) is 0 Å². The van der Waals surface area contributed by atoms with Gasteiger partial charge in [-0.1, -0.05) is 5.16 Å². The van der Waals surface area contributed by atoms with Crippen molar-refractivity contribution in [3.63, 3.8) is 0 Å². The molecule has 0 saturated heterocycles. The van der Waals surface area contributed by atoms with E-state index in [2.05, 4.69) is 29.9 Å². The number of carbonyl (C=O) groups excluding carboxylic acids is 1. The number of nitrogens with one attached hydrogen (secondary N) is 1. The number of hydrogen-bond donors (Lipinski definition) is 2. The summed E-state index contributed by atoms with van der Waals surface area (Å²) in [5.74, 6) is -0.524. The molecule has 2 aromatic rings. The number of nitrogens with zero attached hydrogens (tertiary/aromatic N) is 3. The van der Waals surface area contributed by atoms with E-state index in [4.69, 9.17) is 5.73 Å².